The molecule has 4 aromatic rings. The van der Waals surface area contributed by atoms with Gasteiger partial charge in [-0.05, 0) is 65.4 Å². The van der Waals surface area contributed by atoms with E-state index >= 15 is 0 Å². The predicted octanol–water partition coefficient (Wildman–Crippen LogP) is 5.64. The molecule has 0 atom stereocenters. The molecule has 6 heteroatoms. The third kappa shape index (κ3) is 5.48. The standard InChI is InChI=1S/C27H23NO4S/c29-27(30)24-11-6-7-20(19-24)13-14-23-10-4-5-12-26(23)28-33(31,32)25-17-15-22(16-18-25)21-8-2-1-3-9-21/h1-12,15-19,28H,13-14H2,(H,29,30). The summed E-state index contributed by atoms with van der Waals surface area (Å²) in [6.07, 6.45) is 1.15. The van der Waals surface area contributed by atoms with E-state index in [1.54, 1.807) is 54.6 Å². The first-order chi connectivity index (χ1) is 15.9. The van der Waals surface area contributed by atoms with E-state index in [4.69, 9.17) is 0 Å². The Morgan fingerprint density at radius 1 is 0.727 bits per heavy atom. The van der Waals surface area contributed by atoms with Crippen molar-refractivity contribution in [1.82, 2.24) is 0 Å². The largest absolute Gasteiger partial charge is 0.478 e. The Bertz CT molecular complexity index is 1360. The van der Waals surface area contributed by atoms with Gasteiger partial charge in [-0.3, -0.25) is 4.72 Å². The number of carbonyl (C=O) groups is 1. The van der Waals surface area contributed by atoms with Gasteiger partial charge in [-0.15, -0.1) is 0 Å². The summed E-state index contributed by atoms with van der Waals surface area (Å²) in [6.45, 7) is 0. The van der Waals surface area contributed by atoms with Gasteiger partial charge in [-0.25, -0.2) is 13.2 Å². The average molecular weight is 458 g/mol. The molecule has 0 saturated heterocycles. The maximum absolute atomic E-state index is 13.0. The number of hydrogen-bond donors (Lipinski definition) is 2. The summed E-state index contributed by atoms with van der Waals surface area (Å²) >= 11 is 0. The SMILES string of the molecule is O=C(O)c1cccc(CCc2ccccc2NS(=O)(=O)c2ccc(-c3ccccc3)cc2)c1. The minimum Gasteiger partial charge on any atom is -0.478 e. The predicted molar refractivity (Wildman–Crippen MR) is 130 cm³/mol. The molecule has 0 aliphatic heterocycles. The second-order valence-corrected chi connectivity index (χ2v) is 9.34. The number of aryl methyl sites for hydroxylation is 2. The van der Waals surface area contributed by atoms with E-state index in [-0.39, 0.29) is 10.5 Å². The molecule has 0 aromatic heterocycles. The highest BCUT2D eigenvalue weighted by molar-refractivity contribution is 7.92. The van der Waals surface area contributed by atoms with E-state index in [2.05, 4.69) is 4.72 Å². The number of aromatic carboxylic acids is 1. The van der Waals surface area contributed by atoms with Crippen LogP contribution in [0.25, 0.3) is 11.1 Å². The molecule has 33 heavy (non-hydrogen) atoms. The normalized spacial score (nSPS) is 11.2. The maximum Gasteiger partial charge on any atom is 0.335 e. The molecule has 0 heterocycles. The molecular formula is C27H23NO4S. The molecule has 0 unspecified atom stereocenters. The molecule has 0 amide bonds. The Morgan fingerprint density at radius 3 is 2.12 bits per heavy atom. The van der Waals surface area contributed by atoms with Gasteiger partial charge in [0.2, 0.25) is 0 Å². The van der Waals surface area contributed by atoms with Crippen LogP contribution < -0.4 is 4.72 Å². The Balaban J connectivity index is 1.51. The molecule has 4 rings (SSSR count). The zero-order valence-electron chi connectivity index (χ0n) is 17.8. The molecule has 0 spiro atoms. The van der Waals surface area contributed by atoms with E-state index in [0.29, 0.717) is 18.5 Å². The fourth-order valence-corrected chi connectivity index (χ4v) is 4.74. The van der Waals surface area contributed by atoms with Crippen molar-refractivity contribution in [3.8, 4) is 11.1 Å². The summed E-state index contributed by atoms with van der Waals surface area (Å²) < 4.78 is 28.7. The first-order valence-electron chi connectivity index (χ1n) is 10.5. The molecule has 4 aromatic carbocycles. The summed E-state index contributed by atoms with van der Waals surface area (Å²) in [7, 11) is -3.76. The van der Waals surface area contributed by atoms with E-state index < -0.39 is 16.0 Å². The number of sulfonamides is 1. The minimum absolute atomic E-state index is 0.186. The van der Waals surface area contributed by atoms with Gasteiger partial charge in [0.25, 0.3) is 10.0 Å². The fourth-order valence-electron chi connectivity index (χ4n) is 3.64. The summed E-state index contributed by atoms with van der Waals surface area (Å²) in [5.41, 5.74) is 4.43. The van der Waals surface area contributed by atoms with Crippen molar-refractivity contribution >= 4 is 21.7 Å². The quantitative estimate of drug-likeness (QED) is 0.359. The average Bonchev–Trinajstić information content (AvgIpc) is 2.84. The van der Waals surface area contributed by atoms with Crippen molar-refractivity contribution in [1.29, 1.82) is 0 Å². The summed E-state index contributed by atoms with van der Waals surface area (Å²) in [5, 5.41) is 9.18. The van der Waals surface area contributed by atoms with Crippen LogP contribution in [0.3, 0.4) is 0 Å². The number of carboxylic acids is 1. The van der Waals surface area contributed by atoms with E-state index in [1.165, 1.54) is 0 Å². The molecule has 0 fully saturated rings. The highest BCUT2D eigenvalue weighted by Gasteiger charge is 2.16. The monoisotopic (exact) mass is 457 g/mol. The van der Waals surface area contributed by atoms with Crippen LogP contribution in [-0.4, -0.2) is 19.5 Å². The van der Waals surface area contributed by atoms with Gasteiger partial charge >= 0.3 is 5.97 Å². The minimum atomic E-state index is -3.76. The topological polar surface area (TPSA) is 83.5 Å². The second-order valence-electron chi connectivity index (χ2n) is 7.66. The first-order valence-corrected chi connectivity index (χ1v) is 12.0. The molecule has 0 radical (unpaired) electrons. The molecule has 2 N–H and O–H groups in total. The Kier molecular flexibility index (Phi) is 6.56. The molecule has 0 aliphatic rings. The van der Waals surface area contributed by atoms with E-state index in [1.807, 2.05) is 48.5 Å². The third-order valence-corrected chi connectivity index (χ3v) is 6.77. The Hall–Kier alpha value is -3.90. The van der Waals surface area contributed by atoms with Crippen molar-refractivity contribution in [2.45, 2.75) is 17.7 Å². The van der Waals surface area contributed by atoms with Crippen LogP contribution >= 0.6 is 0 Å². The van der Waals surface area contributed by atoms with Crippen LogP contribution in [0.15, 0.2) is 108 Å². The molecule has 0 aliphatic carbocycles. The maximum atomic E-state index is 13.0. The number of benzene rings is 4. The number of hydrogen-bond acceptors (Lipinski definition) is 3. The second kappa shape index (κ2) is 9.71. The van der Waals surface area contributed by atoms with E-state index in [9.17, 15) is 18.3 Å². The number of para-hydroxylation sites is 1. The first kappa shape index (κ1) is 22.3. The van der Waals surface area contributed by atoms with Crippen molar-refractivity contribution in [3.05, 3.63) is 120 Å². The van der Waals surface area contributed by atoms with Gasteiger partial charge in [0.1, 0.15) is 0 Å². The lowest BCUT2D eigenvalue weighted by Crippen LogP contribution is -2.14. The Morgan fingerprint density at radius 2 is 1.39 bits per heavy atom. The lowest BCUT2D eigenvalue weighted by atomic mass is 10.0. The zero-order chi connectivity index (χ0) is 23.3. The highest BCUT2D eigenvalue weighted by atomic mass is 32.2. The molecule has 166 valence electrons. The lowest BCUT2D eigenvalue weighted by molar-refractivity contribution is 0.0696. The van der Waals surface area contributed by atoms with Gasteiger partial charge in [-0.1, -0.05) is 72.8 Å². The number of rotatable bonds is 8. The van der Waals surface area contributed by atoms with Crippen LogP contribution in [0.5, 0.6) is 0 Å². The number of nitrogens with one attached hydrogen (secondary N) is 1. The van der Waals surface area contributed by atoms with Gasteiger partial charge in [-0.2, -0.15) is 0 Å². The van der Waals surface area contributed by atoms with Gasteiger partial charge < -0.3 is 5.11 Å². The zero-order valence-corrected chi connectivity index (χ0v) is 18.6. The van der Waals surface area contributed by atoms with Gasteiger partial charge in [0.05, 0.1) is 16.1 Å². The fraction of sp³-hybridized carbons (Fsp3) is 0.0741. The Labute approximate surface area is 193 Å². The number of anilines is 1. The number of carboxylic acid groups (broad SMARTS) is 1. The van der Waals surface area contributed by atoms with E-state index in [0.717, 1.165) is 22.3 Å². The highest BCUT2D eigenvalue weighted by Crippen LogP contribution is 2.24. The van der Waals surface area contributed by atoms with Crippen LogP contribution in [0, 0.1) is 0 Å². The van der Waals surface area contributed by atoms with Gasteiger partial charge in [0.15, 0.2) is 0 Å². The summed E-state index contributed by atoms with van der Waals surface area (Å²) in [5.74, 6) is -0.969. The van der Waals surface area contributed by atoms with Crippen LogP contribution in [-0.2, 0) is 22.9 Å². The van der Waals surface area contributed by atoms with Crippen molar-refractivity contribution < 1.29 is 18.3 Å². The third-order valence-electron chi connectivity index (χ3n) is 5.39. The summed E-state index contributed by atoms with van der Waals surface area (Å²) in [6, 6.07) is 30.6. The van der Waals surface area contributed by atoms with Crippen LogP contribution in [0.1, 0.15) is 21.5 Å². The molecule has 0 saturated carbocycles. The smallest absolute Gasteiger partial charge is 0.335 e. The van der Waals surface area contributed by atoms with Crippen LogP contribution in [0.2, 0.25) is 0 Å². The van der Waals surface area contributed by atoms with Crippen molar-refractivity contribution in [2.75, 3.05) is 4.72 Å². The lowest BCUT2D eigenvalue weighted by Gasteiger charge is -2.13. The molecule has 0 bridgehead atoms. The summed E-state index contributed by atoms with van der Waals surface area (Å²) in [4.78, 5) is 11.4. The van der Waals surface area contributed by atoms with Crippen molar-refractivity contribution in [2.24, 2.45) is 0 Å². The van der Waals surface area contributed by atoms with Crippen LogP contribution in [0.4, 0.5) is 5.69 Å². The molecule has 5 nitrogen and oxygen atoms in total. The van der Waals surface area contributed by atoms with Crippen molar-refractivity contribution in [3.63, 3.8) is 0 Å². The molecular weight excluding hydrogens is 434 g/mol. The van der Waals surface area contributed by atoms with Gasteiger partial charge in [0, 0.05) is 0 Å².